The lowest BCUT2D eigenvalue weighted by Crippen LogP contribution is -2.45. The number of nitro groups is 1. The van der Waals surface area contributed by atoms with Gasteiger partial charge in [-0.3, -0.25) is 14.9 Å². The summed E-state index contributed by atoms with van der Waals surface area (Å²) in [6, 6.07) is 13.0. The Balaban J connectivity index is 1.44. The molecule has 2 aliphatic carbocycles. The molecule has 216 valence electrons. The van der Waals surface area contributed by atoms with Crippen molar-refractivity contribution in [2.45, 2.75) is 82.3 Å². The Morgan fingerprint density at radius 3 is 2.07 bits per heavy atom. The molecule has 10 heteroatoms. The molecule has 1 atom stereocenters. The second-order valence-electron chi connectivity index (χ2n) is 11.7. The molecule has 0 unspecified atom stereocenters. The standard InChI is InChI=1S/C31H35N3O6S/c1-31(2,3)40-24-14-10-20(11-15-24)18-28(33-41(38,39)25-16-12-23(13-17-25)34(36)37)30(35)32-29-26-8-4-6-21(26)19-22-7-5-9-27(22)29/h10-17,19,28,33H,4-9,18H2,1-3H3,(H,32,35)/t28-/m0/s1. The van der Waals surface area contributed by atoms with E-state index < -0.39 is 26.9 Å². The van der Waals surface area contributed by atoms with Crippen molar-refractivity contribution in [1.29, 1.82) is 0 Å². The van der Waals surface area contributed by atoms with E-state index >= 15 is 0 Å². The number of aryl methyl sites for hydroxylation is 2. The molecule has 3 aromatic rings. The number of amides is 1. The number of carbonyl (C=O) groups excluding carboxylic acids is 1. The van der Waals surface area contributed by atoms with Crippen LogP contribution in [0.1, 0.15) is 61.4 Å². The van der Waals surface area contributed by atoms with E-state index in [2.05, 4.69) is 16.1 Å². The van der Waals surface area contributed by atoms with E-state index in [-0.39, 0.29) is 22.6 Å². The van der Waals surface area contributed by atoms with Crippen LogP contribution in [0.5, 0.6) is 5.75 Å². The van der Waals surface area contributed by atoms with Crippen molar-refractivity contribution < 1.29 is 22.9 Å². The molecule has 2 aliphatic rings. The first-order valence-corrected chi connectivity index (χ1v) is 15.4. The molecular formula is C31H35N3O6S. The van der Waals surface area contributed by atoms with Gasteiger partial charge in [-0.2, -0.15) is 4.72 Å². The van der Waals surface area contributed by atoms with Gasteiger partial charge in [0.05, 0.1) is 9.82 Å². The van der Waals surface area contributed by atoms with Gasteiger partial charge < -0.3 is 10.1 Å². The highest BCUT2D eigenvalue weighted by molar-refractivity contribution is 7.89. The third-order valence-corrected chi connectivity index (χ3v) is 8.97. The number of ether oxygens (including phenoxy) is 1. The first-order chi connectivity index (χ1) is 19.4. The van der Waals surface area contributed by atoms with Crippen LogP contribution in [0.3, 0.4) is 0 Å². The quantitative estimate of drug-likeness (QED) is 0.263. The molecule has 0 radical (unpaired) electrons. The number of benzene rings is 3. The van der Waals surface area contributed by atoms with Gasteiger partial charge >= 0.3 is 0 Å². The van der Waals surface area contributed by atoms with Gasteiger partial charge in [0.2, 0.25) is 15.9 Å². The molecule has 0 fully saturated rings. The maximum atomic E-state index is 13.9. The van der Waals surface area contributed by atoms with Crippen LogP contribution in [0, 0.1) is 10.1 Å². The largest absolute Gasteiger partial charge is 0.488 e. The predicted octanol–water partition coefficient (Wildman–Crippen LogP) is 5.28. The molecule has 3 aromatic carbocycles. The predicted molar refractivity (Wildman–Crippen MR) is 157 cm³/mol. The molecule has 1 amide bonds. The summed E-state index contributed by atoms with van der Waals surface area (Å²) in [6.45, 7) is 5.85. The molecule has 5 rings (SSSR count). The smallest absolute Gasteiger partial charge is 0.269 e. The second-order valence-corrected chi connectivity index (χ2v) is 13.4. The molecule has 0 saturated heterocycles. The summed E-state index contributed by atoms with van der Waals surface area (Å²) >= 11 is 0. The van der Waals surface area contributed by atoms with Crippen molar-refractivity contribution in [2.75, 3.05) is 5.32 Å². The lowest BCUT2D eigenvalue weighted by Gasteiger charge is -2.23. The molecule has 0 heterocycles. The third-order valence-electron chi connectivity index (χ3n) is 7.48. The number of nitrogens with one attached hydrogen (secondary N) is 2. The van der Waals surface area contributed by atoms with Crippen molar-refractivity contribution in [3.05, 3.63) is 92.5 Å². The summed E-state index contributed by atoms with van der Waals surface area (Å²) in [5.74, 6) is 0.226. The summed E-state index contributed by atoms with van der Waals surface area (Å²) < 4.78 is 35.2. The Kier molecular flexibility index (Phi) is 7.89. The first kappa shape index (κ1) is 28.8. The number of fused-ring (bicyclic) bond motifs is 2. The summed E-state index contributed by atoms with van der Waals surface area (Å²) in [6.07, 6.45) is 5.88. The average molecular weight is 578 g/mol. The number of carbonyl (C=O) groups is 1. The molecule has 9 nitrogen and oxygen atoms in total. The zero-order valence-corrected chi connectivity index (χ0v) is 24.3. The summed E-state index contributed by atoms with van der Waals surface area (Å²) in [7, 11) is -4.17. The van der Waals surface area contributed by atoms with E-state index in [1.54, 1.807) is 12.1 Å². The van der Waals surface area contributed by atoms with Crippen LogP contribution in [-0.2, 0) is 46.9 Å². The SMILES string of the molecule is CC(C)(C)Oc1ccc(C[C@H](NS(=O)(=O)c2ccc([N+](=O)[O-])cc2)C(=O)Nc2c3c(cc4c2CCC4)CCC3)cc1. The Morgan fingerprint density at radius 2 is 1.54 bits per heavy atom. The van der Waals surface area contributed by atoms with Gasteiger partial charge in [-0.05, 0) is 118 Å². The fourth-order valence-corrected chi connectivity index (χ4v) is 6.85. The van der Waals surface area contributed by atoms with E-state index in [4.69, 9.17) is 4.74 Å². The molecular weight excluding hydrogens is 542 g/mol. The number of non-ortho nitro benzene ring substituents is 1. The summed E-state index contributed by atoms with van der Waals surface area (Å²) in [5.41, 5.74) is 5.83. The van der Waals surface area contributed by atoms with Gasteiger partial charge in [-0.1, -0.05) is 18.2 Å². The van der Waals surface area contributed by atoms with E-state index in [1.165, 1.54) is 23.3 Å². The fraction of sp³-hybridized carbons (Fsp3) is 0.387. The summed E-state index contributed by atoms with van der Waals surface area (Å²) in [5, 5.41) is 14.2. The van der Waals surface area contributed by atoms with E-state index in [0.29, 0.717) is 5.75 Å². The molecule has 0 aliphatic heterocycles. The first-order valence-electron chi connectivity index (χ1n) is 13.9. The minimum Gasteiger partial charge on any atom is -0.488 e. The minimum absolute atomic E-state index is 0.102. The van der Waals surface area contributed by atoms with Crippen molar-refractivity contribution in [2.24, 2.45) is 0 Å². The Morgan fingerprint density at radius 1 is 0.951 bits per heavy atom. The number of hydrogen-bond donors (Lipinski definition) is 2. The number of anilines is 1. The molecule has 0 bridgehead atoms. The second kappa shape index (κ2) is 11.3. The van der Waals surface area contributed by atoms with Crippen LogP contribution < -0.4 is 14.8 Å². The van der Waals surface area contributed by atoms with Gasteiger partial charge in [0.15, 0.2) is 0 Å². The van der Waals surface area contributed by atoms with Crippen molar-refractivity contribution in [1.82, 2.24) is 4.72 Å². The number of sulfonamides is 1. The lowest BCUT2D eigenvalue weighted by atomic mass is 9.98. The van der Waals surface area contributed by atoms with Crippen molar-refractivity contribution in [3.8, 4) is 5.75 Å². The van der Waals surface area contributed by atoms with Gasteiger partial charge in [-0.25, -0.2) is 8.42 Å². The van der Waals surface area contributed by atoms with Crippen LogP contribution in [0.4, 0.5) is 11.4 Å². The van der Waals surface area contributed by atoms with Gasteiger partial charge in [0.1, 0.15) is 17.4 Å². The van der Waals surface area contributed by atoms with Crippen LogP contribution in [0.15, 0.2) is 59.5 Å². The molecule has 2 N–H and O–H groups in total. The maximum Gasteiger partial charge on any atom is 0.269 e. The molecule has 0 saturated carbocycles. The molecule has 0 aromatic heterocycles. The van der Waals surface area contributed by atoms with Gasteiger partial charge in [-0.15, -0.1) is 0 Å². The van der Waals surface area contributed by atoms with E-state index in [0.717, 1.165) is 73.0 Å². The fourth-order valence-electron chi connectivity index (χ4n) is 5.65. The third kappa shape index (κ3) is 6.60. The number of hydrogen-bond acceptors (Lipinski definition) is 6. The highest BCUT2D eigenvalue weighted by atomic mass is 32.2. The van der Waals surface area contributed by atoms with E-state index in [9.17, 15) is 23.3 Å². The Labute approximate surface area is 240 Å². The molecule has 0 spiro atoms. The van der Waals surface area contributed by atoms with E-state index in [1.807, 2.05) is 32.9 Å². The Bertz CT molecular complexity index is 1540. The lowest BCUT2D eigenvalue weighted by molar-refractivity contribution is -0.384. The van der Waals surface area contributed by atoms with Crippen molar-refractivity contribution in [3.63, 3.8) is 0 Å². The van der Waals surface area contributed by atoms with Crippen LogP contribution >= 0.6 is 0 Å². The number of rotatable bonds is 9. The minimum atomic E-state index is -4.17. The Hall–Kier alpha value is -3.76. The average Bonchev–Trinajstić information content (AvgIpc) is 3.58. The van der Waals surface area contributed by atoms with Crippen LogP contribution in [0.25, 0.3) is 0 Å². The van der Waals surface area contributed by atoms with Gasteiger partial charge in [0, 0.05) is 17.8 Å². The maximum absolute atomic E-state index is 13.9. The number of nitro benzene ring substituents is 1. The zero-order chi connectivity index (χ0) is 29.4. The highest BCUT2D eigenvalue weighted by Crippen LogP contribution is 2.38. The normalized spacial score (nSPS) is 15.2. The van der Waals surface area contributed by atoms with Gasteiger partial charge in [0.25, 0.3) is 5.69 Å². The van der Waals surface area contributed by atoms with Crippen molar-refractivity contribution >= 4 is 27.3 Å². The highest BCUT2D eigenvalue weighted by Gasteiger charge is 2.30. The zero-order valence-electron chi connectivity index (χ0n) is 23.5. The van der Waals surface area contributed by atoms with Crippen LogP contribution in [0.2, 0.25) is 0 Å². The topological polar surface area (TPSA) is 128 Å². The molecule has 41 heavy (non-hydrogen) atoms. The number of nitrogens with zero attached hydrogens (tertiary/aromatic N) is 1. The monoisotopic (exact) mass is 577 g/mol. The van der Waals surface area contributed by atoms with Crippen LogP contribution in [-0.4, -0.2) is 30.9 Å². The summed E-state index contributed by atoms with van der Waals surface area (Å²) in [4.78, 5) is 24.2.